The molecule has 2 heterocycles. The first-order valence-corrected chi connectivity index (χ1v) is 9.03. The van der Waals surface area contributed by atoms with Gasteiger partial charge in [0.15, 0.2) is 0 Å². The van der Waals surface area contributed by atoms with Gasteiger partial charge in [0.1, 0.15) is 17.1 Å². The second-order valence-corrected chi connectivity index (χ2v) is 6.69. The number of piperidine rings is 1. The van der Waals surface area contributed by atoms with E-state index in [9.17, 15) is 4.79 Å². The zero-order valence-electron chi connectivity index (χ0n) is 15.2. The first kappa shape index (κ1) is 18.0. The molecule has 0 aromatic heterocycles. The lowest BCUT2D eigenvalue weighted by molar-refractivity contribution is 0.0242. The van der Waals surface area contributed by atoms with Crippen molar-refractivity contribution < 1.29 is 19.0 Å². The number of carbonyl (C=O) groups is 1. The molecule has 3 rings (SSSR count). The molecule has 0 spiro atoms. The van der Waals surface area contributed by atoms with Crippen LogP contribution in [-0.4, -0.2) is 75.9 Å². The van der Waals surface area contributed by atoms with Crippen LogP contribution in [0.3, 0.4) is 0 Å². The summed E-state index contributed by atoms with van der Waals surface area (Å²) in [7, 11) is 3.17. The van der Waals surface area contributed by atoms with Crippen LogP contribution in [0.4, 0.5) is 0 Å². The maximum absolute atomic E-state index is 13.0. The van der Waals surface area contributed by atoms with Gasteiger partial charge >= 0.3 is 0 Å². The highest BCUT2D eigenvalue weighted by molar-refractivity contribution is 5.99. The predicted molar refractivity (Wildman–Crippen MR) is 95.4 cm³/mol. The average Bonchev–Trinajstić information content (AvgIpc) is 2.68. The monoisotopic (exact) mass is 348 g/mol. The van der Waals surface area contributed by atoms with E-state index >= 15 is 0 Å². The second-order valence-electron chi connectivity index (χ2n) is 6.69. The summed E-state index contributed by atoms with van der Waals surface area (Å²) in [5, 5.41) is 0. The lowest BCUT2D eigenvalue weighted by Crippen LogP contribution is -2.44. The lowest BCUT2D eigenvalue weighted by Gasteiger charge is -2.36. The maximum Gasteiger partial charge on any atom is 0.261 e. The standard InChI is InChI=1S/C19H28N2O4/c1-23-16-4-3-5-17(24-2)18(16)19(22)21-8-6-15(7-9-21)14-20-10-12-25-13-11-20/h3-5,15H,6-14H2,1-2H3. The van der Waals surface area contributed by atoms with Crippen LogP contribution >= 0.6 is 0 Å². The van der Waals surface area contributed by atoms with Gasteiger partial charge in [-0.05, 0) is 30.9 Å². The third-order valence-electron chi connectivity index (χ3n) is 5.16. The Balaban J connectivity index is 1.60. The third-order valence-corrected chi connectivity index (χ3v) is 5.16. The second kappa shape index (κ2) is 8.54. The number of carbonyl (C=O) groups excluding carboxylic acids is 1. The van der Waals surface area contributed by atoms with Crippen molar-refractivity contribution in [2.24, 2.45) is 5.92 Å². The minimum absolute atomic E-state index is 0.000812. The topological polar surface area (TPSA) is 51.2 Å². The summed E-state index contributed by atoms with van der Waals surface area (Å²) in [4.78, 5) is 17.4. The van der Waals surface area contributed by atoms with Crippen LogP contribution in [0.15, 0.2) is 18.2 Å². The van der Waals surface area contributed by atoms with Crippen molar-refractivity contribution in [2.75, 3.05) is 60.2 Å². The Labute approximate surface area is 149 Å². The van der Waals surface area contributed by atoms with Gasteiger partial charge in [-0.1, -0.05) is 6.07 Å². The summed E-state index contributed by atoms with van der Waals surface area (Å²) in [6.07, 6.45) is 2.08. The molecule has 0 unspecified atom stereocenters. The molecule has 6 nitrogen and oxygen atoms in total. The van der Waals surface area contributed by atoms with Crippen LogP contribution in [-0.2, 0) is 4.74 Å². The summed E-state index contributed by atoms with van der Waals surface area (Å²) in [5.41, 5.74) is 0.527. The quantitative estimate of drug-likeness (QED) is 0.813. The minimum Gasteiger partial charge on any atom is -0.496 e. The van der Waals surface area contributed by atoms with Gasteiger partial charge in [-0.25, -0.2) is 0 Å². The highest BCUT2D eigenvalue weighted by atomic mass is 16.5. The fourth-order valence-electron chi connectivity index (χ4n) is 3.69. The van der Waals surface area contributed by atoms with E-state index in [1.165, 1.54) is 0 Å². The van der Waals surface area contributed by atoms with Crippen LogP contribution in [0.5, 0.6) is 11.5 Å². The molecule has 2 aliphatic heterocycles. The number of amides is 1. The Kier molecular flexibility index (Phi) is 6.15. The number of hydrogen-bond acceptors (Lipinski definition) is 5. The predicted octanol–water partition coefficient (Wildman–Crippen LogP) is 1.89. The minimum atomic E-state index is -0.000812. The molecule has 1 amide bonds. The molecule has 2 saturated heterocycles. The summed E-state index contributed by atoms with van der Waals surface area (Å²) < 4.78 is 16.2. The molecular weight excluding hydrogens is 320 g/mol. The normalized spacial score (nSPS) is 19.7. The zero-order valence-corrected chi connectivity index (χ0v) is 15.2. The van der Waals surface area contributed by atoms with Crippen molar-refractivity contribution >= 4 is 5.91 Å². The molecular formula is C19H28N2O4. The Morgan fingerprint density at radius 1 is 1.08 bits per heavy atom. The number of hydrogen-bond donors (Lipinski definition) is 0. The molecule has 0 atom stereocenters. The molecule has 0 aliphatic carbocycles. The van der Waals surface area contributed by atoms with E-state index in [-0.39, 0.29) is 5.91 Å². The summed E-state index contributed by atoms with van der Waals surface area (Å²) in [5.74, 6) is 1.79. The molecule has 1 aromatic rings. The molecule has 0 saturated carbocycles. The summed E-state index contributed by atoms with van der Waals surface area (Å²) >= 11 is 0. The van der Waals surface area contributed by atoms with E-state index in [0.717, 1.165) is 58.8 Å². The van der Waals surface area contributed by atoms with Gasteiger partial charge in [0.05, 0.1) is 27.4 Å². The van der Waals surface area contributed by atoms with Gasteiger partial charge in [0.2, 0.25) is 0 Å². The van der Waals surface area contributed by atoms with Crippen LogP contribution in [0.2, 0.25) is 0 Å². The van der Waals surface area contributed by atoms with Crippen molar-refractivity contribution in [3.63, 3.8) is 0 Å². The van der Waals surface area contributed by atoms with E-state index in [2.05, 4.69) is 4.90 Å². The number of rotatable bonds is 5. The first-order chi connectivity index (χ1) is 12.2. The Hall–Kier alpha value is -1.79. The Morgan fingerprint density at radius 3 is 2.24 bits per heavy atom. The largest absolute Gasteiger partial charge is 0.496 e. The average molecular weight is 348 g/mol. The van der Waals surface area contributed by atoms with Gasteiger partial charge in [0.25, 0.3) is 5.91 Å². The Bertz CT molecular complexity index is 557. The zero-order chi connectivity index (χ0) is 17.6. The molecule has 6 heteroatoms. The van der Waals surface area contributed by atoms with Crippen LogP contribution < -0.4 is 9.47 Å². The van der Waals surface area contributed by atoms with Crippen LogP contribution in [0.1, 0.15) is 23.2 Å². The molecule has 2 aliphatic rings. The first-order valence-electron chi connectivity index (χ1n) is 9.03. The number of morpholine rings is 1. The number of ether oxygens (including phenoxy) is 3. The van der Waals surface area contributed by atoms with E-state index in [4.69, 9.17) is 14.2 Å². The fraction of sp³-hybridized carbons (Fsp3) is 0.632. The smallest absolute Gasteiger partial charge is 0.261 e. The molecule has 25 heavy (non-hydrogen) atoms. The molecule has 0 radical (unpaired) electrons. The maximum atomic E-state index is 13.0. The van der Waals surface area contributed by atoms with Crippen molar-refractivity contribution in [3.05, 3.63) is 23.8 Å². The molecule has 0 bridgehead atoms. The number of nitrogens with zero attached hydrogens (tertiary/aromatic N) is 2. The van der Waals surface area contributed by atoms with Crippen molar-refractivity contribution in [3.8, 4) is 11.5 Å². The van der Waals surface area contributed by atoms with E-state index in [1.54, 1.807) is 26.4 Å². The molecule has 138 valence electrons. The van der Waals surface area contributed by atoms with Gasteiger partial charge in [-0.3, -0.25) is 9.69 Å². The SMILES string of the molecule is COc1cccc(OC)c1C(=O)N1CCC(CN2CCOCC2)CC1. The van der Waals surface area contributed by atoms with Gasteiger partial charge in [0, 0.05) is 32.7 Å². The summed E-state index contributed by atoms with van der Waals surface area (Å²) in [6, 6.07) is 5.45. The third kappa shape index (κ3) is 4.25. The van der Waals surface area contributed by atoms with E-state index in [0.29, 0.717) is 23.0 Å². The van der Waals surface area contributed by atoms with Crippen molar-refractivity contribution in [1.82, 2.24) is 9.80 Å². The lowest BCUT2D eigenvalue weighted by atomic mass is 9.95. The van der Waals surface area contributed by atoms with Gasteiger partial charge < -0.3 is 19.1 Å². The summed E-state index contributed by atoms with van der Waals surface area (Å²) in [6.45, 7) is 6.42. The van der Waals surface area contributed by atoms with E-state index < -0.39 is 0 Å². The van der Waals surface area contributed by atoms with E-state index in [1.807, 2.05) is 11.0 Å². The Morgan fingerprint density at radius 2 is 1.68 bits per heavy atom. The van der Waals surface area contributed by atoms with Gasteiger partial charge in [-0.2, -0.15) is 0 Å². The molecule has 0 N–H and O–H groups in total. The van der Waals surface area contributed by atoms with Crippen LogP contribution in [0, 0.1) is 5.92 Å². The highest BCUT2D eigenvalue weighted by Crippen LogP contribution is 2.31. The molecule has 2 fully saturated rings. The highest BCUT2D eigenvalue weighted by Gasteiger charge is 2.28. The van der Waals surface area contributed by atoms with Crippen LogP contribution in [0.25, 0.3) is 0 Å². The number of likely N-dealkylation sites (tertiary alicyclic amines) is 1. The number of methoxy groups -OCH3 is 2. The van der Waals surface area contributed by atoms with Crippen molar-refractivity contribution in [1.29, 1.82) is 0 Å². The fourth-order valence-corrected chi connectivity index (χ4v) is 3.69. The van der Waals surface area contributed by atoms with Gasteiger partial charge in [-0.15, -0.1) is 0 Å². The molecule has 1 aromatic carbocycles. The van der Waals surface area contributed by atoms with Crippen molar-refractivity contribution in [2.45, 2.75) is 12.8 Å². The number of benzene rings is 1.